The molecule has 0 fully saturated rings. The van der Waals surface area contributed by atoms with Crippen LogP contribution in [0.4, 0.5) is 13.2 Å². The van der Waals surface area contributed by atoms with Crippen LogP contribution in [-0.2, 0) is 19.0 Å². The maximum absolute atomic E-state index is 11.5. The van der Waals surface area contributed by atoms with Crippen molar-refractivity contribution in [1.29, 1.82) is 0 Å². The molecule has 0 aromatic heterocycles. The molecular weight excluding hydrogens is 201 g/mol. The van der Waals surface area contributed by atoms with Crippen LogP contribution in [0.2, 0.25) is 0 Å². The highest BCUT2D eigenvalue weighted by Gasteiger charge is 2.47. The third-order valence-electron chi connectivity index (χ3n) is 0.750. The van der Waals surface area contributed by atoms with Crippen LogP contribution in [0, 0.1) is 7.11 Å². The van der Waals surface area contributed by atoms with Crippen molar-refractivity contribution >= 4 is 10.1 Å². The first kappa shape index (κ1) is 11.7. The summed E-state index contributed by atoms with van der Waals surface area (Å²) in [7, 11) is -2.67. The van der Waals surface area contributed by atoms with Gasteiger partial charge in [-0.25, -0.2) is 0 Å². The van der Waals surface area contributed by atoms with Gasteiger partial charge in [0.1, 0.15) is 0 Å². The van der Waals surface area contributed by atoms with E-state index in [1.165, 1.54) is 0 Å². The minimum atomic E-state index is -5.48. The zero-order valence-electron chi connectivity index (χ0n) is 5.80. The van der Waals surface area contributed by atoms with Gasteiger partial charge in [-0.3, -0.25) is 4.18 Å². The molecule has 0 heterocycles. The second-order valence-corrected chi connectivity index (χ2v) is 3.24. The van der Waals surface area contributed by atoms with Gasteiger partial charge < -0.3 is 4.74 Å². The van der Waals surface area contributed by atoms with E-state index in [0.29, 0.717) is 0 Å². The smallest absolute Gasteiger partial charge is 0.377 e. The Morgan fingerprint density at radius 2 is 1.75 bits per heavy atom. The van der Waals surface area contributed by atoms with Crippen molar-refractivity contribution in [2.24, 2.45) is 0 Å². The van der Waals surface area contributed by atoms with Crippen LogP contribution in [-0.4, -0.2) is 27.1 Å². The Bertz CT molecular complexity index is 219. The van der Waals surface area contributed by atoms with E-state index in [4.69, 9.17) is 0 Å². The van der Waals surface area contributed by atoms with Crippen LogP contribution in [0.25, 0.3) is 0 Å². The maximum Gasteiger partial charge on any atom is 0.523 e. The molecule has 0 N–H and O–H groups in total. The normalized spacial score (nSPS) is 13.3. The van der Waals surface area contributed by atoms with Crippen LogP contribution in [0.1, 0.15) is 0 Å². The van der Waals surface area contributed by atoms with E-state index in [1.54, 1.807) is 0 Å². The third-order valence-corrected chi connectivity index (χ3v) is 1.79. The number of halogens is 3. The summed E-state index contributed by atoms with van der Waals surface area (Å²) in [6.07, 6.45) is 0. The van der Waals surface area contributed by atoms with Gasteiger partial charge in [-0.1, -0.05) is 0 Å². The van der Waals surface area contributed by atoms with Crippen LogP contribution in [0.15, 0.2) is 0 Å². The van der Waals surface area contributed by atoms with E-state index < -0.39 is 22.2 Å². The Labute approximate surface area is 67.4 Å². The molecule has 0 amide bonds. The Morgan fingerprint density at radius 1 is 1.25 bits per heavy atom. The van der Waals surface area contributed by atoms with Crippen LogP contribution in [0.3, 0.4) is 0 Å². The second kappa shape index (κ2) is 4.06. The minimum absolute atomic E-state index is 0.324. The largest absolute Gasteiger partial charge is 0.523 e. The predicted molar refractivity (Wildman–Crippen MR) is 32.2 cm³/mol. The minimum Gasteiger partial charge on any atom is -0.377 e. The standard InChI is InChI=1S/C4H6F3O4S/c1-10-2-3-11-12(8,9)4(5,6)7/h1-3H2. The van der Waals surface area contributed by atoms with Gasteiger partial charge in [-0.05, 0) is 0 Å². The molecule has 12 heavy (non-hydrogen) atoms. The molecule has 0 atom stereocenters. The number of ether oxygens (including phenoxy) is 1. The fourth-order valence-electron chi connectivity index (χ4n) is 0.269. The number of hydrogen-bond acceptors (Lipinski definition) is 4. The lowest BCUT2D eigenvalue weighted by atomic mass is 10.8. The first-order valence-corrected chi connectivity index (χ1v) is 4.05. The molecule has 0 saturated carbocycles. The zero-order chi connectivity index (χ0) is 9.83. The van der Waals surface area contributed by atoms with Gasteiger partial charge in [0.05, 0.1) is 20.3 Å². The molecular formula is C4H6F3O4S. The highest BCUT2D eigenvalue weighted by atomic mass is 32.2. The van der Waals surface area contributed by atoms with Gasteiger partial charge >= 0.3 is 15.6 Å². The number of rotatable bonds is 4. The van der Waals surface area contributed by atoms with Crippen molar-refractivity contribution < 1.29 is 30.5 Å². The average molecular weight is 207 g/mol. The highest BCUT2D eigenvalue weighted by Crippen LogP contribution is 2.24. The van der Waals surface area contributed by atoms with Gasteiger partial charge in [0, 0.05) is 0 Å². The van der Waals surface area contributed by atoms with Crippen molar-refractivity contribution in [3.63, 3.8) is 0 Å². The van der Waals surface area contributed by atoms with Gasteiger partial charge in [0.2, 0.25) is 0 Å². The second-order valence-electron chi connectivity index (χ2n) is 1.63. The van der Waals surface area contributed by atoms with E-state index in [1.807, 2.05) is 0 Å². The third kappa shape index (κ3) is 3.37. The van der Waals surface area contributed by atoms with E-state index in [0.717, 1.165) is 0 Å². The fourth-order valence-corrected chi connectivity index (χ4v) is 0.691. The Kier molecular flexibility index (Phi) is 3.94. The molecule has 0 aromatic rings. The van der Waals surface area contributed by atoms with Crippen LogP contribution in [0.5, 0.6) is 0 Å². The maximum atomic E-state index is 11.5. The van der Waals surface area contributed by atoms with Crippen LogP contribution >= 0.6 is 0 Å². The predicted octanol–water partition coefficient (Wildman–Crippen LogP) is 0.661. The van der Waals surface area contributed by atoms with Gasteiger partial charge in [0.25, 0.3) is 0 Å². The van der Waals surface area contributed by atoms with Crippen molar-refractivity contribution in [2.75, 3.05) is 13.2 Å². The lowest BCUT2D eigenvalue weighted by Crippen LogP contribution is -2.26. The molecule has 4 nitrogen and oxygen atoms in total. The van der Waals surface area contributed by atoms with E-state index in [2.05, 4.69) is 16.0 Å². The van der Waals surface area contributed by atoms with Crippen LogP contribution < -0.4 is 0 Å². The molecule has 0 unspecified atom stereocenters. The number of alkyl halides is 3. The molecule has 0 rings (SSSR count). The molecule has 73 valence electrons. The Hall–Kier alpha value is -0.340. The van der Waals surface area contributed by atoms with Gasteiger partial charge in [-0.15, -0.1) is 0 Å². The van der Waals surface area contributed by atoms with E-state index >= 15 is 0 Å². The summed E-state index contributed by atoms with van der Waals surface area (Å²) in [6, 6.07) is 0. The summed E-state index contributed by atoms with van der Waals surface area (Å²) in [5.41, 5.74) is -5.38. The summed E-state index contributed by atoms with van der Waals surface area (Å²) in [5.74, 6) is 0. The summed E-state index contributed by atoms with van der Waals surface area (Å²) in [6.45, 7) is -1.03. The molecule has 0 aliphatic heterocycles. The summed E-state index contributed by atoms with van der Waals surface area (Å²) in [5, 5.41) is 0. The summed E-state index contributed by atoms with van der Waals surface area (Å²) in [4.78, 5) is 0. The Morgan fingerprint density at radius 3 is 2.08 bits per heavy atom. The molecule has 0 bridgehead atoms. The molecule has 0 aromatic carbocycles. The lowest BCUT2D eigenvalue weighted by Gasteiger charge is -2.06. The molecule has 8 heteroatoms. The lowest BCUT2D eigenvalue weighted by molar-refractivity contribution is -0.0549. The van der Waals surface area contributed by atoms with Crippen molar-refractivity contribution in [3.8, 4) is 0 Å². The SMILES string of the molecule is [CH2]OCCOS(=O)(=O)C(F)(F)F. The van der Waals surface area contributed by atoms with E-state index in [-0.39, 0.29) is 6.61 Å². The number of hydrogen-bond donors (Lipinski definition) is 0. The van der Waals surface area contributed by atoms with Gasteiger partial charge in [-0.2, -0.15) is 21.6 Å². The fraction of sp³-hybridized carbons (Fsp3) is 0.750. The summed E-state index contributed by atoms with van der Waals surface area (Å²) >= 11 is 0. The zero-order valence-corrected chi connectivity index (χ0v) is 6.61. The quantitative estimate of drug-likeness (QED) is 0.386. The first-order chi connectivity index (χ1) is 5.31. The molecule has 1 radical (unpaired) electrons. The van der Waals surface area contributed by atoms with Crippen molar-refractivity contribution in [2.45, 2.75) is 5.51 Å². The summed E-state index contributed by atoms with van der Waals surface area (Å²) < 4.78 is 62.2. The first-order valence-electron chi connectivity index (χ1n) is 2.64. The molecule has 0 spiro atoms. The van der Waals surface area contributed by atoms with Crippen molar-refractivity contribution in [1.82, 2.24) is 0 Å². The van der Waals surface area contributed by atoms with Gasteiger partial charge in [0.15, 0.2) is 0 Å². The van der Waals surface area contributed by atoms with E-state index in [9.17, 15) is 21.6 Å². The molecule has 0 saturated heterocycles. The van der Waals surface area contributed by atoms with Crippen molar-refractivity contribution in [3.05, 3.63) is 7.11 Å². The Balaban J connectivity index is 4.08. The topological polar surface area (TPSA) is 52.6 Å². The molecule has 0 aliphatic rings. The average Bonchev–Trinajstić information content (AvgIpc) is 1.85. The molecule has 0 aliphatic carbocycles. The monoisotopic (exact) mass is 207 g/mol. The highest BCUT2D eigenvalue weighted by molar-refractivity contribution is 7.87.